The molecule has 2 nitrogen and oxygen atoms in total. The molecule has 1 unspecified atom stereocenters. The fourth-order valence-electron chi connectivity index (χ4n) is 1.67. The Kier molecular flexibility index (Phi) is 6.09. The van der Waals surface area contributed by atoms with Gasteiger partial charge in [0.25, 0.3) is 5.91 Å². The van der Waals surface area contributed by atoms with Gasteiger partial charge in [-0.1, -0.05) is 47.4 Å². The first-order valence-corrected chi connectivity index (χ1v) is 7.26. The van der Waals surface area contributed by atoms with Crippen molar-refractivity contribution in [3.8, 4) is 0 Å². The smallest absolute Gasteiger partial charge is 0.254 e. The van der Waals surface area contributed by atoms with Crippen LogP contribution in [0.1, 0.15) is 30.6 Å². The predicted molar refractivity (Wildman–Crippen MR) is 75.9 cm³/mol. The molecule has 1 atom stereocenters. The number of halogens is 3. The van der Waals surface area contributed by atoms with Gasteiger partial charge in [-0.25, -0.2) is 4.39 Å². The second kappa shape index (κ2) is 7.10. The zero-order valence-electron chi connectivity index (χ0n) is 10.3. The van der Waals surface area contributed by atoms with E-state index in [9.17, 15) is 9.18 Å². The largest absolute Gasteiger partial charge is 0.348 e. The number of carbonyl (C=O) groups excluding carboxylic acids is 1. The van der Waals surface area contributed by atoms with Gasteiger partial charge in [0.05, 0.1) is 10.6 Å². The molecule has 0 aliphatic carbocycles. The van der Waals surface area contributed by atoms with E-state index < -0.39 is 11.7 Å². The first-order chi connectivity index (χ1) is 8.45. The highest BCUT2D eigenvalue weighted by atomic mass is 79.9. The molecule has 0 spiro atoms. The number of hydrogen-bond donors (Lipinski definition) is 1. The van der Waals surface area contributed by atoms with E-state index in [0.29, 0.717) is 11.2 Å². The highest BCUT2D eigenvalue weighted by Gasteiger charge is 2.18. The molecule has 0 saturated heterocycles. The number of alkyl halides is 1. The monoisotopic (exact) mass is 335 g/mol. The third-order valence-corrected chi connectivity index (χ3v) is 3.55. The molecule has 18 heavy (non-hydrogen) atoms. The number of rotatable bonds is 5. The van der Waals surface area contributed by atoms with Gasteiger partial charge in [0.15, 0.2) is 5.82 Å². The van der Waals surface area contributed by atoms with Crippen LogP contribution in [0.3, 0.4) is 0 Å². The first-order valence-electron chi connectivity index (χ1n) is 5.76. The lowest BCUT2D eigenvalue weighted by Crippen LogP contribution is -2.37. The van der Waals surface area contributed by atoms with Gasteiger partial charge in [-0.05, 0) is 24.5 Å². The van der Waals surface area contributed by atoms with Gasteiger partial charge < -0.3 is 5.32 Å². The lowest BCUT2D eigenvalue weighted by molar-refractivity contribution is 0.0933. The van der Waals surface area contributed by atoms with E-state index in [1.165, 1.54) is 12.1 Å². The van der Waals surface area contributed by atoms with E-state index in [4.69, 9.17) is 11.6 Å². The average molecular weight is 337 g/mol. The summed E-state index contributed by atoms with van der Waals surface area (Å²) < 4.78 is 13.7. The van der Waals surface area contributed by atoms with Gasteiger partial charge in [0.2, 0.25) is 0 Å². The molecule has 0 radical (unpaired) electrons. The second-order valence-electron chi connectivity index (χ2n) is 4.56. The molecular weight excluding hydrogens is 321 g/mol. The summed E-state index contributed by atoms with van der Waals surface area (Å²) in [6.45, 7) is 4.14. The van der Waals surface area contributed by atoms with Crippen molar-refractivity contribution in [3.05, 3.63) is 34.6 Å². The standard InChI is InChI=1S/C13H16BrClFNO/c1-8(2)6-9(7-14)17-13(18)10-4-3-5-11(15)12(10)16/h3-5,8-9H,6-7H2,1-2H3,(H,17,18). The molecule has 0 aliphatic heterocycles. The van der Waals surface area contributed by atoms with Crippen LogP contribution < -0.4 is 5.32 Å². The van der Waals surface area contributed by atoms with Gasteiger partial charge in [-0.2, -0.15) is 0 Å². The zero-order chi connectivity index (χ0) is 13.7. The second-order valence-corrected chi connectivity index (χ2v) is 5.61. The van der Waals surface area contributed by atoms with Crippen molar-refractivity contribution in [1.29, 1.82) is 0 Å². The van der Waals surface area contributed by atoms with E-state index >= 15 is 0 Å². The van der Waals surface area contributed by atoms with Crippen LogP contribution in [0.2, 0.25) is 5.02 Å². The lowest BCUT2D eigenvalue weighted by Gasteiger charge is -2.18. The van der Waals surface area contributed by atoms with Crippen LogP contribution in [0.15, 0.2) is 18.2 Å². The summed E-state index contributed by atoms with van der Waals surface area (Å²) in [5, 5.41) is 3.40. The van der Waals surface area contributed by atoms with Crippen molar-refractivity contribution < 1.29 is 9.18 Å². The van der Waals surface area contributed by atoms with E-state index in [-0.39, 0.29) is 16.6 Å². The summed E-state index contributed by atoms with van der Waals surface area (Å²) in [7, 11) is 0. The molecular formula is C13H16BrClFNO. The molecule has 1 rings (SSSR count). The van der Waals surface area contributed by atoms with E-state index in [0.717, 1.165) is 6.42 Å². The van der Waals surface area contributed by atoms with E-state index in [2.05, 4.69) is 35.1 Å². The molecule has 5 heteroatoms. The van der Waals surface area contributed by atoms with Gasteiger partial charge in [-0.15, -0.1) is 0 Å². The Balaban J connectivity index is 2.78. The number of hydrogen-bond acceptors (Lipinski definition) is 1. The summed E-state index contributed by atoms with van der Waals surface area (Å²) in [5.41, 5.74) is -0.0165. The zero-order valence-corrected chi connectivity index (χ0v) is 12.7. The molecule has 0 saturated carbocycles. The van der Waals surface area contributed by atoms with Crippen LogP contribution in [0.4, 0.5) is 4.39 Å². The lowest BCUT2D eigenvalue weighted by atomic mass is 10.0. The van der Waals surface area contributed by atoms with Crippen LogP contribution >= 0.6 is 27.5 Å². The maximum Gasteiger partial charge on any atom is 0.254 e. The third kappa shape index (κ3) is 4.25. The average Bonchev–Trinajstić information content (AvgIpc) is 2.31. The minimum atomic E-state index is -0.672. The maximum atomic E-state index is 13.7. The van der Waals surface area contributed by atoms with Crippen LogP contribution in [-0.4, -0.2) is 17.3 Å². The first kappa shape index (κ1) is 15.4. The third-order valence-electron chi connectivity index (χ3n) is 2.47. The van der Waals surface area contributed by atoms with Crippen molar-refractivity contribution in [2.24, 2.45) is 5.92 Å². The van der Waals surface area contributed by atoms with Crippen LogP contribution in [-0.2, 0) is 0 Å². The van der Waals surface area contributed by atoms with Crippen LogP contribution in [0.5, 0.6) is 0 Å². The normalized spacial score (nSPS) is 12.6. The van der Waals surface area contributed by atoms with Crippen molar-refractivity contribution >= 4 is 33.4 Å². The van der Waals surface area contributed by atoms with Crippen molar-refractivity contribution in [2.45, 2.75) is 26.3 Å². The predicted octanol–water partition coefficient (Wildman–Crippen LogP) is 4.02. The van der Waals surface area contributed by atoms with Gasteiger partial charge >= 0.3 is 0 Å². The number of amides is 1. The molecule has 0 aromatic heterocycles. The quantitative estimate of drug-likeness (QED) is 0.809. The Morgan fingerprint density at radius 1 is 1.50 bits per heavy atom. The summed E-state index contributed by atoms with van der Waals surface area (Å²) in [4.78, 5) is 11.9. The number of nitrogens with one attached hydrogen (secondary N) is 1. The molecule has 100 valence electrons. The maximum absolute atomic E-state index is 13.7. The van der Waals surface area contributed by atoms with E-state index in [1.54, 1.807) is 6.07 Å². The number of carbonyl (C=O) groups is 1. The number of benzene rings is 1. The van der Waals surface area contributed by atoms with Crippen molar-refractivity contribution in [1.82, 2.24) is 5.32 Å². The molecule has 1 aromatic rings. The molecule has 0 aliphatic rings. The Labute approximate surface area is 120 Å². The minimum Gasteiger partial charge on any atom is -0.348 e. The van der Waals surface area contributed by atoms with Crippen LogP contribution in [0, 0.1) is 11.7 Å². The van der Waals surface area contributed by atoms with Crippen molar-refractivity contribution in [2.75, 3.05) is 5.33 Å². The van der Waals surface area contributed by atoms with Gasteiger partial charge in [-0.3, -0.25) is 4.79 Å². The molecule has 1 N–H and O–H groups in total. The molecule has 0 heterocycles. The Morgan fingerprint density at radius 2 is 2.17 bits per heavy atom. The van der Waals surface area contributed by atoms with Gasteiger partial charge in [0.1, 0.15) is 0 Å². The summed E-state index contributed by atoms with van der Waals surface area (Å²) in [6, 6.07) is 4.39. The Bertz CT molecular complexity index is 425. The highest BCUT2D eigenvalue weighted by molar-refractivity contribution is 9.09. The molecule has 0 bridgehead atoms. The molecule has 1 amide bonds. The topological polar surface area (TPSA) is 29.1 Å². The summed E-state index contributed by atoms with van der Waals surface area (Å²) >= 11 is 8.99. The van der Waals surface area contributed by atoms with Crippen LogP contribution in [0.25, 0.3) is 0 Å². The van der Waals surface area contributed by atoms with E-state index in [1.807, 2.05) is 0 Å². The fraction of sp³-hybridized carbons (Fsp3) is 0.462. The molecule has 1 aromatic carbocycles. The Hall–Kier alpha value is -0.610. The SMILES string of the molecule is CC(C)CC(CBr)NC(=O)c1cccc(Cl)c1F. The highest BCUT2D eigenvalue weighted by Crippen LogP contribution is 2.18. The minimum absolute atomic E-state index is 0.0165. The Morgan fingerprint density at radius 3 is 2.72 bits per heavy atom. The van der Waals surface area contributed by atoms with Crippen molar-refractivity contribution in [3.63, 3.8) is 0 Å². The summed E-state index contributed by atoms with van der Waals surface area (Å²) in [5.74, 6) is -0.647. The summed E-state index contributed by atoms with van der Waals surface area (Å²) in [6.07, 6.45) is 0.833. The van der Waals surface area contributed by atoms with Gasteiger partial charge in [0, 0.05) is 11.4 Å². The fourth-order valence-corrected chi connectivity index (χ4v) is 2.27. The molecule has 0 fully saturated rings.